The molecule has 0 saturated heterocycles. The number of benzene rings is 3. The Hall–Kier alpha value is -2.67. The minimum atomic E-state index is -3.82. The zero-order chi connectivity index (χ0) is 20.1. The molecular weight excluding hydrogens is 396 g/mol. The van der Waals surface area contributed by atoms with Crippen molar-refractivity contribution in [2.24, 2.45) is 0 Å². The normalized spacial score (nSPS) is 11.4. The first kappa shape index (κ1) is 20.1. The van der Waals surface area contributed by atoms with Crippen LogP contribution in [0.4, 0.5) is 5.69 Å². The van der Waals surface area contributed by atoms with Crippen molar-refractivity contribution in [1.29, 1.82) is 0 Å². The molecule has 0 aliphatic rings. The Morgan fingerprint density at radius 3 is 2.36 bits per heavy atom. The van der Waals surface area contributed by atoms with E-state index < -0.39 is 15.9 Å². The fraction of sp³-hybridized carbons (Fsp3) is 0.0952. The highest BCUT2D eigenvalue weighted by Crippen LogP contribution is 2.27. The lowest BCUT2D eigenvalue weighted by atomic mass is 10.0. The van der Waals surface area contributed by atoms with Gasteiger partial charge in [-0.25, -0.2) is 8.42 Å². The van der Waals surface area contributed by atoms with Crippen LogP contribution in [0.5, 0.6) is 0 Å². The van der Waals surface area contributed by atoms with Gasteiger partial charge in [0.1, 0.15) is 0 Å². The first-order valence-electron chi connectivity index (χ1n) is 8.54. The van der Waals surface area contributed by atoms with E-state index in [1.165, 1.54) is 19.2 Å². The van der Waals surface area contributed by atoms with Gasteiger partial charge in [-0.05, 0) is 29.8 Å². The van der Waals surface area contributed by atoms with Crippen molar-refractivity contribution in [3.63, 3.8) is 0 Å². The highest BCUT2D eigenvalue weighted by atomic mass is 35.5. The third-order valence-electron chi connectivity index (χ3n) is 4.16. The summed E-state index contributed by atoms with van der Waals surface area (Å²) in [6, 6.07) is 23.0. The molecule has 0 aromatic heterocycles. The van der Waals surface area contributed by atoms with Crippen LogP contribution in [-0.4, -0.2) is 32.2 Å². The lowest BCUT2D eigenvalue weighted by Crippen LogP contribution is -2.35. The lowest BCUT2D eigenvalue weighted by Gasteiger charge is -2.18. The quantitative estimate of drug-likeness (QED) is 0.655. The van der Waals surface area contributed by atoms with Crippen LogP contribution in [0.3, 0.4) is 0 Å². The van der Waals surface area contributed by atoms with Crippen molar-refractivity contribution in [3.05, 3.63) is 83.9 Å². The topological polar surface area (TPSA) is 66.5 Å². The van der Waals surface area contributed by atoms with Gasteiger partial charge in [0.25, 0.3) is 0 Å². The standard InChI is InChI=1S/C21H19ClN2O3S/c1-24(28(26,27)18-11-7-10-17(22)14-18)15-21(25)23-20-13-6-5-12-19(20)16-8-3-2-4-9-16/h2-14H,15H2,1H3,(H,23,25). The second-order valence-electron chi connectivity index (χ2n) is 6.18. The van der Waals surface area contributed by atoms with Crippen LogP contribution in [-0.2, 0) is 14.8 Å². The maximum Gasteiger partial charge on any atom is 0.243 e. The number of hydrogen-bond acceptors (Lipinski definition) is 3. The molecule has 0 heterocycles. The van der Waals surface area contributed by atoms with E-state index in [0.29, 0.717) is 10.7 Å². The van der Waals surface area contributed by atoms with Crippen LogP contribution in [0.2, 0.25) is 5.02 Å². The summed E-state index contributed by atoms with van der Waals surface area (Å²) in [7, 11) is -2.46. The summed E-state index contributed by atoms with van der Waals surface area (Å²) in [6.45, 7) is -0.321. The molecule has 3 aromatic carbocycles. The van der Waals surface area contributed by atoms with Gasteiger partial charge in [-0.1, -0.05) is 66.2 Å². The van der Waals surface area contributed by atoms with Crippen molar-refractivity contribution < 1.29 is 13.2 Å². The average molecular weight is 415 g/mol. The van der Waals surface area contributed by atoms with Gasteiger partial charge in [0.15, 0.2) is 0 Å². The Bertz CT molecular complexity index is 1090. The summed E-state index contributed by atoms with van der Waals surface area (Å²) in [4.78, 5) is 12.5. The number of nitrogens with one attached hydrogen (secondary N) is 1. The van der Waals surface area contributed by atoms with Crippen molar-refractivity contribution in [1.82, 2.24) is 4.31 Å². The average Bonchev–Trinajstić information content (AvgIpc) is 2.69. The Balaban J connectivity index is 1.76. The molecule has 0 unspecified atom stereocenters. The number of amides is 1. The summed E-state index contributed by atoms with van der Waals surface area (Å²) in [5.74, 6) is -0.434. The minimum absolute atomic E-state index is 0.0417. The predicted octanol–water partition coefficient (Wildman–Crippen LogP) is 4.27. The van der Waals surface area contributed by atoms with E-state index in [0.717, 1.165) is 15.4 Å². The molecule has 0 spiro atoms. The van der Waals surface area contributed by atoms with Crippen molar-refractivity contribution in [2.75, 3.05) is 18.9 Å². The zero-order valence-electron chi connectivity index (χ0n) is 15.2. The Labute approximate surface area is 169 Å². The van der Waals surface area contributed by atoms with Gasteiger partial charge in [-0.2, -0.15) is 4.31 Å². The maximum absolute atomic E-state index is 12.6. The number of nitrogens with zero attached hydrogens (tertiary/aromatic N) is 1. The number of likely N-dealkylation sites (N-methyl/N-ethyl adjacent to an activating group) is 1. The van der Waals surface area contributed by atoms with Gasteiger partial charge >= 0.3 is 0 Å². The van der Waals surface area contributed by atoms with E-state index in [2.05, 4.69) is 5.32 Å². The minimum Gasteiger partial charge on any atom is -0.324 e. The van der Waals surface area contributed by atoms with Gasteiger partial charge in [0.05, 0.1) is 11.4 Å². The number of anilines is 1. The van der Waals surface area contributed by atoms with Crippen LogP contribution in [0.25, 0.3) is 11.1 Å². The number of sulfonamides is 1. The Morgan fingerprint density at radius 1 is 0.964 bits per heavy atom. The summed E-state index contributed by atoms with van der Waals surface area (Å²) in [5, 5.41) is 3.12. The van der Waals surface area contributed by atoms with Crippen LogP contribution in [0.15, 0.2) is 83.8 Å². The van der Waals surface area contributed by atoms with Crippen LogP contribution >= 0.6 is 11.6 Å². The molecule has 144 valence electrons. The fourth-order valence-electron chi connectivity index (χ4n) is 2.75. The molecule has 3 aromatic rings. The number of halogens is 1. The van der Waals surface area contributed by atoms with Crippen LogP contribution < -0.4 is 5.32 Å². The first-order chi connectivity index (χ1) is 13.4. The molecule has 0 radical (unpaired) electrons. The number of carbonyl (C=O) groups is 1. The van der Waals surface area contributed by atoms with Gasteiger partial charge in [-0.3, -0.25) is 4.79 Å². The van der Waals surface area contributed by atoms with E-state index in [-0.39, 0.29) is 11.4 Å². The molecule has 1 N–H and O–H groups in total. The monoisotopic (exact) mass is 414 g/mol. The summed E-state index contributed by atoms with van der Waals surface area (Å²) in [6.07, 6.45) is 0. The summed E-state index contributed by atoms with van der Waals surface area (Å²) in [5.41, 5.74) is 2.43. The molecule has 0 fully saturated rings. The van der Waals surface area contributed by atoms with E-state index in [1.54, 1.807) is 18.2 Å². The third-order valence-corrected chi connectivity index (χ3v) is 6.19. The Morgan fingerprint density at radius 2 is 1.64 bits per heavy atom. The van der Waals surface area contributed by atoms with Crippen molar-refractivity contribution in [2.45, 2.75) is 4.90 Å². The number of carbonyl (C=O) groups excluding carboxylic acids is 1. The molecule has 0 aliphatic carbocycles. The largest absolute Gasteiger partial charge is 0.324 e. The molecular formula is C21H19ClN2O3S. The molecule has 0 bridgehead atoms. The molecule has 0 aliphatic heterocycles. The number of para-hydroxylation sites is 1. The maximum atomic E-state index is 12.6. The fourth-order valence-corrected chi connectivity index (χ4v) is 4.17. The second-order valence-corrected chi connectivity index (χ2v) is 8.66. The number of hydrogen-bond donors (Lipinski definition) is 1. The third kappa shape index (κ3) is 4.59. The van der Waals surface area contributed by atoms with E-state index in [4.69, 9.17) is 11.6 Å². The van der Waals surface area contributed by atoms with E-state index >= 15 is 0 Å². The molecule has 5 nitrogen and oxygen atoms in total. The van der Waals surface area contributed by atoms with Gasteiger partial charge in [-0.15, -0.1) is 0 Å². The van der Waals surface area contributed by atoms with Crippen LogP contribution in [0.1, 0.15) is 0 Å². The molecule has 1 amide bonds. The highest BCUT2D eigenvalue weighted by molar-refractivity contribution is 7.89. The van der Waals surface area contributed by atoms with Gasteiger partial charge in [0, 0.05) is 23.3 Å². The van der Waals surface area contributed by atoms with Crippen molar-refractivity contribution in [3.8, 4) is 11.1 Å². The Kier molecular flexibility index (Phi) is 6.14. The molecule has 7 heteroatoms. The SMILES string of the molecule is CN(CC(=O)Nc1ccccc1-c1ccccc1)S(=O)(=O)c1cccc(Cl)c1. The lowest BCUT2D eigenvalue weighted by molar-refractivity contribution is -0.116. The van der Waals surface area contributed by atoms with Crippen molar-refractivity contribution >= 4 is 33.2 Å². The number of rotatable bonds is 6. The molecule has 28 heavy (non-hydrogen) atoms. The van der Waals surface area contributed by atoms with Gasteiger partial charge in [0.2, 0.25) is 15.9 Å². The molecule has 0 saturated carbocycles. The second kappa shape index (κ2) is 8.56. The zero-order valence-corrected chi connectivity index (χ0v) is 16.7. The summed E-state index contributed by atoms with van der Waals surface area (Å²) < 4.78 is 26.3. The van der Waals surface area contributed by atoms with E-state index in [1.807, 2.05) is 48.5 Å². The molecule has 0 atom stereocenters. The first-order valence-corrected chi connectivity index (χ1v) is 10.4. The van der Waals surface area contributed by atoms with Gasteiger partial charge < -0.3 is 5.32 Å². The highest BCUT2D eigenvalue weighted by Gasteiger charge is 2.23. The van der Waals surface area contributed by atoms with Crippen LogP contribution in [0, 0.1) is 0 Å². The smallest absolute Gasteiger partial charge is 0.243 e. The van der Waals surface area contributed by atoms with E-state index in [9.17, 15) is 13.2 Å². The predicted molar refractivity (Wildman–Crippen MR) is 112 cm³/mol. The molecule has 3 rings (SSSR count). The summed E-state index contributed by atoms with van der Waals surface area (Å²) >= 11 is 5.88.